The van der Waals surface area contributed by atoms with Gasteiger partial charge in [-0.3, -0.25) is 13.7 Å². The molecular formula is C88H82N4OSi. The Morgan fingerprint density at radius 3 is 1.63 bits per heavy atom. The van der Waals surface area contributed by atoms with Gasteiger partial charge in [0, 0.05) is 23.0 Å². The third-order valence-corrected chi connectivity index (χ3v) is 21.6. The van der Waals surface area contributed by atoms with Crippen LogP contribution in [0.15, 0.2) is 279 Å². The Morgan fingerprint density at radius 1 is 0.415 bits per heavy atom. The molecule has 0 fully saturated rings. The van der Waals surface area contributed by atoms with Crippen LogP contribution in [-0.4, -0.2) is 22.2 Å². The molecule has 0 radical (unpaired) electrons. The van der Waals surface area contributed by atoms with Crippen molar-refractivity contribution >= 4 is 61.7 Å². The molecule has 0 atom stereocenters. The Bertz CT molecular complexity index is 6070. The standard InChI is InChI=1S/C88H82N4OSi/c1-85(2,3)64-30-24-28-61(50-64)75-41-27-42-76(62-29-25-39-74(53-62)94(71-33-16-13-17-34-71,72-35-18-14-19-36-72)73-37-20-15-21-38-73)84(75)91-59-90(82-54-60(44-47-80(82)91)63-51-66(87(7,8)9)55-67(52-63)88(10,11)12)68-31-26-32-69(57-68)93-70-45-46-78-77-40-22-23-43-79(77)92(81(78)58-70)83-56-65(48-49-89-83)86(4,5)6/h13-58H,1-12H3/i13D,14D,15D,16D,17D,18D,19D,20D,21D,25D,29D,33D,34D,35D,36D,37D,38D,39D,53D. The molecule has 0 bridgehead atoms. The van der Waals surface area contributed by atoms with Crippen LogP contribution in [0.2, 0.25) is 0 Å². The van der Waals surface area contributed by atoms with Gasteiger partial charge in [-0.15, -0.1) is 0 Å². The Balaban J connectivity index is 1.11. The molecule has 464 valence electrons. The molecule has 0 saturated heterocycles. The predicted octanol–water partition coefficient (Wildman–Crippen LogP) is 19.6. The first-order valence-corrected chi connectivity index (χ1v) is 33.5. The van der Waals surface area contributed by atoms with E-state index < -0.39 is 155 Å². The maximum Gasteiger partial charge on any atom is 0.269 e. The van der Waals surface area contributed by atoms with E-state index in [2.05, 4.69) is 136 Å². The Labute approximate surface area is 583 Å². The van der Waals surface area contributed by atoms with E-state index in [9.17, 15) is 21.9 Å². The van der Waals surface area contributed by atoms with Gasteiger partial charge in [-0.05, 0) is 153 Å². The van der Waals surface area contributed by atoms with Crippen molar-refractivity contribution in [2.45, 2.75) is 105 Å². The lowest BCUT2D eigenvalue weighted by Crippen LogP contribution is -2.74. The molecule has 0 aliphatic heterocycles. The van der Waals surface area contributed by atoms with E-state index in [0.29, 0.717) is 39.3 Å². The smallest absolute Gasteiger partial charge is 0.269 e. The van der Waals surface area contributed by atoms with E-state index in [1.807, 2.05) is 114 Å². The lowest BCUT2D eigenvalue weighted by Gasteiger charge is -2.34. The number of rotatable bonds is 12. The fourth-order valence-corrected chi connectivity index (χ4v) is 16.1. The van der Waals surface area contributed by atoms with Gasteiger partial charge in [-0.2, -0.15) is 0 Å². The summed E-state index contributed by atoms with van der Waals surface area (Å²) < 4.78 is 196. The van der Waals surface area contributed by atoms with Crippen LogP contribution in [0, 0.1) is 6.33 Å². The molecule has 11 aromatic carbocycles. The molecule has 0 N–H and O–H groups in total. The minimum absolute atomic E-state index is 0.0122. The zero-order valence-corrected chi connectivity index (χ0v) is 55.8. The normalized spacial score (nSPS) is 15.3. The number of ether oxygens (including phenoxy) is 1. The fourth-order valence-electron chi connectivity index (χ4n) is 12.5. The third kappa shape index (κ3) is 11.4. The summed E-state index contributed by atoms with van der Waals surface area (Å²) in [5.74, 6) is 1.71. The van der Waals surface area contributed by atoms with Gasteiger partial charge in [0.1, 0.15) is 17.3 Å². The minimum atomic E-state index is -6.28. The molecule has 0 unspecified atom stereocenters. The van der Waals surface area contributed by atoms with Gasteiger partial charge < -0.3 is 4.74 Å². The maximum atomic E-state index is 11.1. The lowest BCUT2D eigenvalue weighted by atomic mass is 9.79. The van der Waals surface area contributed by atoms with Gasteiger partial charge in [0.05, 0.1) is 59.5 Å². The second kappa shape index (κ2) is 23.8. The summed E-state index contributed by atoms with van der Waals surface area (Å²) in [6, 6.07) is 31.7. The van der Waals surface area contributed by atoms with Crippen LogP contribution >= 0.6 is 0 Å². The Kier molecular flexibility index (Phi) is 10.8. The highest BCUT2D eigenvalue weighted by Gasteiger charge is 2.41. The van der Waals surface area contributed by atoms with Gasteiger partial charge in [0.25, 0.3) is 6.33 Å². The number of hydrogen-bond donors (Lipinski definition) is 0. The highest BCUT2D eigenvalue weighted by Crippen LogP contribution is 2.41. The summed E-state index contributed by atoms with van der Waals surface area (Å²) in [6.45, 7) is 25.7. The molecule has 3 heterocycles. The van der Waals surface area contributed by atoms with Crippen LogP contribution < -0.4 is 30.1 Å². The number of benzene rings is 11. The van der Waals surface area contributed by atoms with E-state index in [1.165, 1.54) is 0 Å². The van der Waals surface area contributed by atoms with Crippen molar-refractivity contribution in [2.75, 3.05) is 0 Å². The first-order valence-electron chi connectivity index (χ1n) is 41.0. The van der Waals surface area contributed by atoms with E-state index in [4.69, 9.17) is 13.8 Å². The second-order valence-electron chi connectivity index (χ2n) is 28.1. The summed E-state index contributed by atoms with van der Waals surface area (Å²) in [4.78, 5) is 4.91. The van der Waals surface area contributed by atoms with Crippen molar-refractivity contribution in [1.29, 1.82) is 0 Å². The van der Waals surface area contributed by atoms with Gasteiger partial charge in [0.2, 0.25) is 0 Å². The van der Waals surface area contributed by atoms with Crippen molar-refractivity contribution < 1.29 is 35.3 Å². The predicted molar refractivity (Wildman–Crippen MR) is 397 cm³/mol. The average Bonchev–Trinajstić information content (AvgIpc) is 1.26. The first-order chi connectivity index (χ1) is 53.0. The molecule has 6 heteroatoms. The highest BCUT2D eigenvalue weighted by atomic mass is 28.3. The average molecular weight is 1260 g/mol. The molecule has 0 saturated carbocycles. The van der Waals surface area contributed by atoms with Crippen molar-refractivity contribution in [1.82, 2.24) is 14.1 Å². The molecule has 0 aliphatic carbocycles. The van der Waals surface area contributed by atoms with Crippen LogP contribution in [0.3, 0.4) is 0 Å². The number of fused-ring (bicyclic) bond motifs is 4. The third-order valence-electron chi connectivity index (χ3n) is 17.6. The van der Waals surface area contributed by atoms with Crippen molar-refractivity contribution in [2.24, 2.45) is 0 Å². The maximum absolute atomic E-state index is 11.1. The van der Waals surface area contributed by atoms with Crippen LogP contribution in [0.5, 0.6) is 11.5 Å². The van der Waals surface area contributed by atoms with E-state index in [0.717, 1.165) is 61.0 Å². The fraction of sp³-hybridized carbons (Fsp3) is 0.182. The summed E-state index contributed by atoms with van der Waals surface area (Å²) in [6.07, 6.45) is 5.57. The van der Waals surface area contributed by atoms with Crippen molar-refractivity contribution in [3.8, 4) is 62.1 Å². The molecule has 5 nitrogen and oxygen atoms in total. The monoisotopic (exact) mass is 1260 g/mol. The zero-order valence-electron chi connectivity index (χ0n) is 73.8. The Morgan fingerprint density at radius 2 is 0.979 bits per heavy atom. The van der Waals surface area contributed by atoms with Gasteiger partial charge >= 0.3 is 0 Å². The van der Waals surface area contributed by atoms with Gasteiger partial charge in [0.15, 0.2) is 8.07 Å². The molecular weight excluding hydrogens is 1160 g/mol. The minimum Gasteiger partial charge on any atom is -0.458 e. The van der Waals surface area contributed by atoms with E-state index in [1.54, 1.807) is 16.7 Å². The van der Waals surface area contributed by atoms with Crippen LogP contribution in [0.25, 0.3) is 83.4 Å². The van der Waals surface area contributed by atoms with Gasteiger partial charge in [-0.1, -0.05) is 295 Å². The van der Waals surface area contributed by atoms with Gasteiger partial charge in [-0.25, -0.2) is 4.98 Å². The molecule has 14 rings (SSSR count). The number of nitrogens with zero attached hydrogens (tertiary/aromatic N) is 4. The Hall–Kier alpha value is -10.1. The summed E-state index contributed by atoms with van der Waals surface area (Å²) >= 11 is 0. The first kappa shape index (κ1) is 42.9. The molecule has 0 amide bonds. The summed E-state index contributed by atoms with van der Waals surface area (Å²) in [7, 11) is -6.28. The number of hydrogen-bond acceptors (Lipinski definition) is 2. The number of aromatic nitrogens is 4. The summed E-state index contributed by atoms with van der Waals surface area (Å²) in [5.41, 5.74) is 9.09. The number of imidazole rings is 1. The van der Waals surface area contributed by atoms with Crippen LogP contribution in [0.1, 0.15) is 131 Å². The molecule has 0 spiro atoms. The van der Waals surface area contributed by atoms with E-state index in [-0.39, 0.29) is 27.5 Å². The lowest BCUT2D eigenvalue weighted by molar-refractivity contribution is -0.571. The SMILES string of the molecule is [2H]c1c([2H])c([2H])c([Si](c2c([2H])c([2H])c([2H])c([2H])c2[2H])(c2c([2H])c([2H])c([2H])c([2H])c2[2H])c2c([2H])c([2H])c([2H])c(-c3cccc(-c4cccc(C(C)(C)C)c4)c3-[n+]3[c-]n(-c4cccc(Oc5ccc6c7ccccc7n(-c7cc(C(C)(C)C)ccn7)c6c5)c4)c4cc(-c5cc(C(C)(C)C)cc(C(C)(C)C)c5)ccc43)c2[2H])c([2H])c1[2H]. The zero-order chi connectivity index (χ0) is 81.8. The highest BCUT2D eigenvalue weighted by molar-refractivity contribution is 7.19. The number of pyridine rings is 1. The van der Waals surface area contributed by atoms with Crippen LogP contribution in [-0.2, 0) is 21.7 Å². The van der Waals surface area contributed by atoms with E-state index >= 15 is 0 Å². The second-order valence-corrected chi connectivity index (χ2v) is 31.6. The quantitative estimate of drug-likeness (QED) is 0.0529. The summed E-state index contributed by atoms with van der Waals surface area (Å²) in [5, 5.41) is -1.70. The largest absolute Gasteiger partial charge is 0.458 e. The molecule has 94 heavy (non-hydrogen) atoms. The van der Waals surface area contributed by atoms with Crippen molar-refractivity contribution in [3.63, 3.8) is 0 Å². The molecule has 3 aromatic heterocycles. The molecule has 0 aliphatic rings. The van der Waals surface area contributed by atoms with Crippen LogP contribution in [0.4, 0.5) is 0 Å². The van der Waals surface area contributed by atoms with Crippen molar-refractivity contribution in [3.05, 3.63) is 307 Å². The number of para-hydroxylation sites is 2. The topological polar surface area (TPSA) is 35.9 Å². The molecule has 14 aromatic rings.